The SMILES string of the molecule is CC(=O)C([Si](C)(C)C)[Si](C)(C)C. The zero-order valence-electron chi connectivity index (χ0n) is 9.49. The zero-order chi connectivity index (χ0) is 10.2. The molecule has 12 heavy (non-hydrogen) atoms. The maximum absolute atomic E-state index is 11.5. The first-order valence-corrected chi connectivity index (χ1v) is 11.7. The number of ketones is 1. The van der Waals surface area contributed by atoms with Crippen LogP contribution in [0.4, 0.5) is 0 Å². The Labute approximate surface area is 78.6 Å². The summed E-state index contributed by atoms with van der Waals surface area (Å²) in [6, 6.07) is 0. The van der Waals surface area contributed by atoms with E-state index in [1.165, 1.54) is 0 Å². The van der Waals surface area contributed by atoms with E-state index in [-0.39, 0.29) is 0 Å². The third-order valence-electron chi connectivity index (χ3n) is 2.14. The summed E-state index contributed by atoms with van der Waals surface area (Å²) in [5.41, 5.74) is 0. The van der Waals surface area contributed by atoms with Crippen molar-refractivity contribution in [1.29, 1.82) is 0 Å². The maximum Gasteiger partial charge on any atom is 0.127 e. The van der Waals surface area contributed by atoms with E-state index in [1.807, 2.05) is 0 Å². The first kappa shape index (κ1) is 12.1. The molecule has 0 aromatic carbocycles. The smallest absolute Gasteiger partial charge is 0.127 e. The molecule has 0 unspecified atom stereocenters. The highest BCUT2D eigenvalue weighted by Crippen LogP contribution is 2.32. The number of carbonyl (C=O) groups excluding carboxylic acids is 1. The van der Waals surface area contributed by atoms with E-state index < -0.39 is 16.1 Å². The third-order valence-corrected chi connectivity index (χ3v) is 11.6. The van der Waals surface area contributed by atoms with E-state index in [0.29, 0.717) is 10.9 Å². The molecule has 0 atom stereocenters. The molecule has 0 saturated heterocycles. The summed E-state index contributed by atoms with van der Waals surface area (Å²) in [4.78, 5) is 11.5. The largest absolute Gasteiger partial charge is 0.300 e. The van der Waals surface area contributed by atoms with Gasteiger partial charge >= 0.3 is 0 Å². The minimum Gasteiger partial charge on any atom is -0.300 e. The van der Waals surface area contributed by atoms with Gasteiger partial charge in [-0.25, -0.2) is 0 Å². The van der Waals surface area contributed by atoms with Gasteiger partial charge in [0.1, 0.15) is 5.78 Å². The van der Waals surface area contributed by atoms with Crippen LogP contribution in [0.5, 0.6) is 0 Å². The second kappa shape index (κ2) is 3.46. The number of hydrogen-bond donors (Lipinski definition) is 0. The summed E-state index contributed by atoms with van der Waals surface area (Å²) in [6.07, 6.45) is 0. The third kappa shape index (κ3) is 3.23. The summed E-state index contributed by atoms with van der Waals surface area (Å²) in [5.74, 6) is 0.424. The van der Waals surface area contributed by atoms with Crippen LogP contribution >= 0.6 is 0 Å². The molecule has 0 spiro atoms. The lowest BCUT2D eigenvalue weighted by molar-refractivity contribution is -0.115. The molecular formula is C9H22OSi2. The van der Waals surface area contributed by atoms with Crippen molar-refractivity contribution in [3.05, 3.63) is 0 Å². The molecule has 3 heteroatoms. The lowest BCUT2D eigenvalue weighted by Crippen LogP contribution is -2.47. The highest BCUT2D eigenvalue weighted by atomic mass is 28.4. The van der Waals surface area contributed by atoms with Crippen LogP contribution in [0.3, 0.4) is 0 Å². The van der Waals surface area contributed by atoms with Crippen molar-refractivity contribution in [3.63, 3.8) is 0 Å². The monoisotopic (exact) mass is 202 g/mol. The quantitative estimate of drug-likeness (QED) is 0.643. The fourth-order valence-electron chi connectivity index (χ4n) is 2.52. The number of hydrogen-bond acceptors (Lipinski definition) is 1. The van der Waals surface area contributed by atoms with E-state index in [1.54, 1.807) is 6.92 Å². The first-order chi connectivity index (χ1) is 5.07. The van der Waals surface area contributed by atoms with E-state index in [0.717, 1.165) is 0 Å². The van der Waals surface area contributed by atoms with Gasteiger partial charge in [0.2, 0.25) is 0 Å². The van der Waals surface area contributed by atoms with Crippen molar-refractivity contribution in [2.75, 3.05) is 0 Å². The second-order valence-electron chi connectivity index (χ2n) is 5.78. The van der Waals surface area contributed by atoms with Crippen molar-refractivity contribution < 1.29 is 4.79 Å². The molecule has 0 bridgehead atoms. The highest BCUT2D eigenvalue weighted by molar-refractivity contribution is 7.00. The fraction of sp³-hybridized carbons (Fsp3) is 0.889. The standard InChI is InChI=1S/C9H22OSi2/c1-8(10)9(11(2,3)4)12(5,6)7/h9H,1-7H3. The summed E-state index contributed by atoms with van der Waals surface area (Å²) in [7, 11) is -2.55. The molecule has 0 aliphatic heterocycles. The molecule has 0 aromatic rings. The first-order valence-electron chi connectivity index (χ1n) is 4.57. The van der Waals surface area contributed by atoms with Gasteiger partial charge in [-0.05, 0) is 6.92 Å². The topological polar surface area (TPSA) is 17.1 Å². The predicted molar refractivity (Wildman–Crippen MR) is 61.1 cm³/mol. The average molecular weight is 202 g/mol. The summed E-state index contributed by atoms with van der Waals surface area (Å²) in [5, 5.41) is 0.421. The Morgan fingerprint density at radius 1 is 0.917 bits per heavy atom. The van der Waals surface area contributed by atoms with E-state index >= 15 is 0 Å². The van der Waals surface area contributed by atoms with Crippen LogP contribution in [0.15, 0.2) is 0 Å². The van der Waals surface area contributed by atoms with Gasteiger partial charge < -0.3 is 4.79 Å². The van der Waals surface area contributed by atoms with Crippen molar-refractivity contribution in [2.45, 2.75) is 51.4 Å². The summed E-state index contributed by atoms with van der Waals surface area (Å²) >= 11 is 0. The predicted octanol–water partition coefficient (Wildman–Crippen LogP) is 3.16. The van der Waals surface area contributed by atoms with Crippen LogP contribution in [-0.4, -0.2) is 21.9 Å². The van der Waals surface area contributed by atoms with Gasteiger partial charge in [-0.2, -0.15) is 0 Å². The van der Waals surface area contributed by atoms with Gasteiger partial charge in [0.15, 0.2) is 0 Å². The van der Waals surface area contributed by atoms with Crippen LogP contribution in [-0.2, 0) is 4.79 Å². The van der Waals surface area contributed by atoms with Crippen LogP contribution in [0.25, 0.3) is 0 Å². The van der Waals surface area contributed by atoms with E-state index in [9.17, 15) is 4.79 Å². The molecule has 0 saturated carbocycles. The minimum atomic E-state index is -1.27. The Bertz CT molecular complexity index is 160. The van der Waals surface area contributed by atoms with Crippen LogP contribution in [0.2, 0.25) is 44.4 Å². The number of carbonyl (C=O) groups is 1. The molecule has 0 N–H and O–H groups in total. The van der Waals surface area contributed by atoms with Gasteiger partial charge in [0, 0.05) is 5.16 Å². The molecular weight excluding hydrogens is 180 g/mol. The molecule has 0 aromatic heterocycles. The highest BCUT2D eigenvalue weighted by Gasteiger charge is 2.40. The van der Waals surface area contributed by atoms with Gasteiger partial charge in [-0.1, -0.05) is 39.3 Å². The van der Waals surface area contributed by atoms with Crippen molar-refractivity contribution in [3.8, 4) is 0 Å². The Morgan fingerprint density at radius 3 is 1.17 bits per heavy atom. The summed E-state index contributed by atoms with van der Waals surface area (Å²) < 4.78 is 0. The molecule has 0 amide bonds. The van der Waals surface area contributed by atoms with Crippen molar-refractivity contribution >= 4 is 21.9 Å². The summed E-state index contributed by atoms with van der Waals surface area (Å²) in [6.45, 7) is 15.6. The molecule has 0 fully saturated rings. The van der Waals surface area contributed by atoms with Crippen molar-refractivity contribution in [1.82, 2.24) is 0 Å². The number of Topliss-reactive ketones (excluding diaryl/α,β-unsaturated/α-hetero) is 1. The molecule has 0 rings (SSSR count). The molecule has 0 aliphatic carbocycles. The van der Waals surface area contributed by atoms with Crippen LogP contribution < -0.4 is 0 Å². The van der Waals surface area contributed by atoms with Gasteiger partial charge in [-0.3, -0.25) is 0 Å². The molecule has 0 radical (unpaired) electrons. The van der Waals surface area contributed by atoms with Crippen LogP contribution in [0.1, 0.15) is 6.92 Å². The van der Waals surface area contributed by atoms with Gasteiger partial charge in [0.25, 0.3) is 0 Å². The Morgan fingerprint density at radius 2 is 1.17 bits per heavy atom. The Balaban J connectivity index is 4.82. The minimum absolute atomic E-state index is 0.421. The zero-order valence-corrected chi connectivity index (χ0v) is 11.5. The molecule has 0 heterocycles. The normalized spacial score (nSPS) is 13.7. The van der Waals surface area contributed by atoms with E-state index in [4.69, 9.17) is 0 Å². The second-order valence-corrected chi connectivity index (χ2v) is 17.0. The lowest BCUT2D eigenvalue weighted by atomic mass is 10.5. The maximum atomic E-state index is 11.5. The molecule has 1 nitrogen and oxygen atoms in total. The van der Waals surface area contributed by atoms with Gasteiger partial charge in [-0.15, -0.1) is 0 Å². The van der Waals surface area contributed by atoms with Gasteiger partial charge in [0.05, 0.1) is 16.1 Å². The molecule has 0 aliphatic rings. The number of rotatable bonds is 3. The Kier molecular flexibility index (Phi) is 3.49. The van der Waals surface area contributed by atoms with E-state index in [2.05, 4.69) is 39.3 Å². The Hall–Kier alpha value is 0.104. The fourth-order valence-corrected chi connectivity index (χ4v) is 15.4. The van der Waals surface area contributed by atoms with Crippen LogP contribution in [0, 0.1) is 0 Å². The average Bonchev–Trinajstić information content (AvgIpc) is 1.49. The van der Waals surface area contributed by atoms with Crippen molar-refractivity contribution in [2.24, 2.45) is 0 Å². The lowest BCUT2D eigenvalue weighted by Gasteiger charge is -2.36. The molecule has 72 valence electrons.